The molecule has 36 heavy (non-hydrogen) atoms. The largest absolute Gasteiger partial charge is 0.275 e. The SMILES string of the molecule is O=S(=O)(NCCc1cn(S(=O)(=O)c2c(F)c(F)c(F)c(F)c2F)cn1)c1c(F)c(F)c(F)c(F)c1F. The van der Waals surface area contributed by atoms with E-state index in [9.17, 15) is 60.7 Å². The fraction of sp³-hybridized carbons (Fsp3) is 0.118. The summed E-state index contributed by atoms with van der Waals surface area (Å²) < 4.78 is 185. The zero-order valence-corrected chi connectivity index (χ0v) is 18.3. The van der Waals surface area contributed by atoms with Gasteiger partial charge in [0.2, 0.25) is 21.7 Å². The van der Waals surface area contributed by atoms with E-state index in [-0.39, 0.29) is 3.97 Å². The van der Waals surface area contributed by atoms with Gasteiger partial charge in [0.05, 0.1) is 5.69 Å². The highest BCUT2D eigenvalue weighted by Gasteiger charge is 2.35. The minimum Gasteiger partial charge on any atom is -0.241 e. The first-order valence-electron chi connectivity index (χ1n) is 8.85. The molecule has 0 atom stereocenters. The van der Waals surface area contributed by atoms with E-state index in [0.717, 1.165) is 0 Å². The molecule has 19 heteroatoms. The Morgan fingerprint density at radius 3 is 1.47 bits per heavy atom. The first kappa shape index (κ1) is 27.4. The van der Waals surface area contributed by atoms with Gasteiger partial charge in [-0.05, 0) is 0 Å². The fourth-order valence-electron chi connectivity index (χ4n) is 2.73. The molecular weight excluding hydrogens is 564 g/mol. The van der Waals surface area contributed by atoms with Gasteiger partial charge in [-0.3, -0.25) is 0 Å². The van der Waals surface area contributed by atoms with Gasteiger partial charge in [0.15, 0.2) is 56.3 Å². The third kappa shape index (κ3) is 4.41. The minimum atomic E-state index is -5.46. The number of rotatable bonds is 7. The third-order valence-electron chi connectivity index (χ3n) is 4.43. The number of halogens is 10. The Bertz CT molecular complexity index is 1550. The Kier molecular flexibility index (Phi) is 7.12. The van der Waals surface area contributed by atoms with Crippen molar-refractivity contribution in [2.24, 2.45) is 0 Å². The first-order chi connectivity index (χ1) is 16.5. The first-order valence-corrected chi connectivity index (χ1v) is 11.8. The molecule has 3 rings (SSSR count). The van der Waals surface area contributed by atoms with Gasteiger partial charge in [-0.1, -0.05) is 0 Å². The topological polar surface area (TPSA) is 98.1 Å². The van der Waals surface area contributed by atoms with Crippen molar-refractivity contribution in [3.8, 4) is 0 Å². The van der Waals surface area contributed by atoms with E-state index >= 15 is 0 Å². The molecule has 1 heterocycles. The van der Waals surface area contributed by atoms with E-state index in [1.54, 1.807) is 0 Å². The smallest absolute Gasteiger partial charge is 0.241 e. The van der Waals surface area contributed by atoms with Crippen molar-refractivity contribution >= 4 is 20.0 Å². The molecule has 0 aliphatic rings. The van der Waals surface area contributed by atoms with Crippen molar-refractivity contribution < 1.29 is 60.7 Å². The van der Waals surface area contributed by atoms with Crippen LogP contribution in [-0.2, 0) is 26.5 Å². The molecule has 0 aliphatic carbocycles. The second-order valence-electron chi connectivity index (χ2n) is 6.65. The molecule has 0 fully saturated rings. The molecule has 7 nitrogen and oxygen atoms in total. The summed E-state index contributed by atoms with van der Waals surface area (Å²) in [5.74, 6) is -26.0. The molecule has 0 spiro atoms. The molecule has 196 valence electrons. The quantitative estimate of drug-likeness (QED) is 0.267. The zero-order valence-electron chi connectivity index (χ0n) is 16.7. The van der Waals surface area contributed by atoms with Crippen molar-refractivity contribution in [2.75, 3.05) is 6.54 Å². The van der Waals surface area contributed by atoms with Gasteiger partial charge < -0.3 is 0 Å². The highest BCUT2D eigenvalue weighted by molar-refractivity contribution is 7.90. The van der Waals surface area contributed by atoms with Crippen molar-refractivity contribution in [3.05, 3.63) is 76.4 Å². The summed E-state index contributed by atoms with van der Waals surface area (Å²) in [6.45, 7) is -0.887. The maximum atomic E-state index is 13.9. The Hall–Kier alpha value is -3.19. The van der Waals surface area contributed by atoms with Gasteiger partial charge in [0.1, 0.15) is 6.33 Å². The summed E-state index contributed by atoms with van der Waals surface area (Å²) in [5, 5.41) is 0. The van der Waals surface area contributed by atoms with Crippen LogP contribution in [0, 0.1) is 58.2 Å². The lowest BCUT2D eigenvalue weighted by Gasteiger charge is -2.10. The zero-order chi connectivity index (χ0) is 27.3. The number of aromatic nitrogens is 2. The molecule has 0 aliphatic heterocycles. The summed E-state index contributed by atoms with van der Waals surface area (Å²) in [6.07, 6.45) is 0.176. The van der Waals surface area contributed by atoms with E-state index in [4.69, 9.17) is 0 Å². The van der Waals surface area contributed by atoms with E-state index in [2.05, 4.69) is 4.98 Å². The number of imidazole rings is 1. The van der Waals surface area contributed by atoms with Crippen molar-refractivity contribution in [2.45, 2.75) is 16.2 Å². The highest BCUT2D eigenvalue weighted by atomic mass is 32.2. The summed E-state index contributed by atoms with van der Waals surface area (Å²) in [7, 11) is -10.8. The molecule has 1 N–H and O–H groups in total. The van der Waals surface area contributed by atoms with Crippen LogP contribution in [0.2, 0.25) is 0 Å². The van der Waals surface area contributed by atoms with Gasteiger partial charge in [-0.25, -0.2) is 74.4 Å². The Balaban J connectivity index is 1.85. The summed E-state index contributed by atoms with van der Waals surface area (Å²) in [4.78, 5) is -0.987. The molecule has 2 aromatic carbocycles. The van der Waals surface area contributed by atoms with Crippen molar-refractivity contribution in [1.29, 1.82) is 0 Å². The van der Waals surface area contributed by atoms with E-state index < -0.39 is 107 Å². The Morgan fingerprint density at radius 1 is 0.639 bits per heavy atom. The van der Waals surface area contributed by atoms with Crippen LogP contribution in [0.5, 0.6) is 0 Å². The number of hydrogen-bond acceptors (Lipinski definition) is 5. The van der Waals surface area contributed by atoms with E-state index in [1.165, 1.54) is 4.72 Å². The summed E-state index contributed by atoms with van der Waals surface area (Å²) >= 11 is 0. The lowest BCUT2D eigenvalue weighted by atomic mass is 10.3. The Morgan fingerprint density at radius 2 is 1.03 bits per heavy atom. The molecule has 0 saturated carbocycles. The van der Waals surface area contributed by atoms with Crippen LogP contribution in [0.4, 0.5) is 43.9 Å². The van der Waals surface area contributed by atoms with Crippen LogP contribution in [0.3, 0.4) is 0 Å². The van der Waals surface area contributed by atoms with E-state index in [1.807, 2.05) is 0 Å². The maximum absolute atomic E-state index is 13.9. The normalized spacial score (nSPS) is 12.4. The van der Waals surface area contributed by atoms with Crippen LogP contribution >= 0.6 is 0 Å². The minimum absolute atomic E-state index is 0.0703. The van der Waals surface area contributed by atoms with E-state index in [0.29, 0.717) is 12.5 Å². The second kappa shape index (κ2) is 9.36. The number of benzene rings is 2. The average molecular weight is 571 g/mol. The lowest BCUT2D eigenvalue weighted by Crippen LogP contribution is -2.29. The average Bonchev–Trinajstić information content (AvgIpc) is 3.28. The number of nitrogens with one attached hydrogen (secondary N) is 1. The monoisotopic (exact) mass is 571 g/mol. The highest BCUT2D eigenvalue weighted by Crippen LogP contribution is 2.29. The maximum Gasteiger partial charge on any atom is 0.275 e. The van der Waals surface area contributed by atoms with Crippen LogP contribution in [0.15, 0.2) is 22.3 Å². The fourth-order valence-corrected chi connectivity index (χ4v) is 5.17. The molecule has 0 unspecified atom stereocenters. The molecule has 0 saturated heterocycles. The molecule has 1 aromatic heterocycles. The van der Waals surface area contributed by atoms with Crippen LogP contribution in [0.1, 0.15) is 5.69 Å². The number of sulfonamides is 1. The van der Waals surface area contributed by atoms with Crippen molar-refractivity contribution in [1.82, 2.24) is 13.7 Å². The predicted octanol–water partition coefficient (Wildman–Crippen LogP) is 3.03. The molecule has 0 amide bonds. The molecule has 0 bridgehead atoms. The lowest BCUT2D eigenvalue weighted by molar-refractivity contribution is 0.357. The summed E-state index contributed by atoms with van der Waals surface area (Å²) in [5.41, 5.74) is -0.414. The van der Waals surface area contributed by atoms with Gasteiger partial charge in [-0.2, -0.15) is 0 Å². The summed E-state index contributed by atoms with van der Waals surface area (Å²) in [6, 6.07) is 0. The Labute approximate surface area is 194 Å². The standard InChI is InChI=1S/C17H7F10N3O4S2/c18-6-8(20)12(24)16(13(25)9(6)21)35(31,32)29-2-1-5-3-30(4-28-5)36(33,34)17-14(26)10(22)7(19)11(23)15(17)27/h3-4,29H,1-2H2. The predicted molar refractivity (Wildman–Crippen MR) is 96.2 cm³/mol. The van der Waals surface area contributed by atoms with Gasteiger partial charge >= 0.3 is 0 Å². The van der Waals surface area contributed by atoms with Gasteiger partial charge in [0, 0.05) is 19.2 Å². The van der Waals surface area contributed by atoms with Crippen molar-refractivity contribution in [3.63, 3.8) is 0 Å². The molecule has 0 radical (unpaired) electrons. The van der Waals surface area contributed by atoms with Gasteiger partial charge in [-0.15, -0.1) is 0 Å². The van der Waals surface area contributed by atoms with Crippen LogP contribution < -0.4 is 4.72 Å². The molecular formula is C17H7F10N3O4S2. The van der Waals surface area contributed by atoms with Gasteiger partial charge in [0.25, 0.3) is 10.0 Å². The third-order valence-corrected chi connectivity index (χ3v) is 7.54. The van der Waals surface area contributed by atoms with Crippen LogP contribution in [0.25, 0.3) is 0 Å². The second-order valence-corrected chi connectivity index (χ2v) is 10.1. The number of nitrogens with zero attached hydrogens (tertiary/aromatic N) is 2. The molecule has 3 aromatic rings. The number of hydrogen-bond donors (Lipinski definition) is 1. The van der Waals surface area contributed by atoms with Crippen LogP contribution in [-0.4, -0.2) is 32.3 Å².